The van der Waals surface area contributed by atoms with Gasteiger partial charge in [-0.3, -0.25) is 9.80 Å². The molecule has 5 rings (SSSR count). The second kappa shape index (κ2) is 11.0. The predicted octanol–water partition coefficient (Wildman–Crippen LogP) is 5.25. The summed E-state index contributed by atoms with van der Waals surface area (Å²) in [5, 5.41) is 4.88. The van der Waals surface area contributed by atoms with Crippen molar-refractivity contribution < 1.29 is 4.74 Å². The monoisotopic (exact) mass is 479 g/mol. The van der Waals surface area contributed by atoms with Gasteiger partial charge in [0.15, 0.2) is 0 Å². The van der Waals surface area contributed by atoms with E-state index in [1.54, 1.807) is 11.3 Å². The third kappa shape index (κ3) is 6.06. The summed E-state index contributed by atoms with van der Waals surface area (Å²) in [6.07, 6.45) is 6.31. The van der Waals surface area contributed by atoms with Crippen molar-refractivity contribution in [2.24, 2.45) is 0 Å². The number of thiophene rings is 1. The van der Waals surface area contributed by atoms with Gasteiger partial charge in [0.1, 0.15) is 28.8 Å². The highest BCUT2D eigenvalue weighted by atomic mass is 32.1. The van der Waals surface area contributed by atoms with E-state index >= 15 is 0 Å². The molecule has 2 saturated heterocycles. The predicted molar refractivity (Wildman–Crippen MR) is 141 cm³/mol. The molecule has 6 nitrogen and oxygen atoms in total. The average Bonchev–Trinajstić information content (AvgIpc) is 3.22. The number of fused-ring (bicyclic) bond motifs is 1. The van der Waals surface area contributed by atoms with Crippen molar-refractivity contribution in [1.82, 2.24) is 19.8 Å². The molecule has 0 spiro atoms. The van der Waals surface area contributed by atoms with Gasteiger partial charge in [0.05, 0.1) is 5.39 Å². The highest BCUT2D eigenvalue weighted by Gasteiger charge is 2.21. The van der Waals surface area contributed by atoms with Crippen molar-refractivity contribution in [3.8, 4) is 5.75 Å². The molecule has 3 aromatic rings. The van der Waals surface area contributed by atoms with Gasteiger partial charge in [-0.1, -0.05) is 18.6 Å². The van der Waals surface area contributed by atoms with Crippen molar-refractivity contribution in [3.05, 3.63) is 46.6 Å². The number of aromatic nitrogens is 2. The van der Waals surface area contributed by atoms with Crippen LogP contribution in [0.25, 0.3) is 10.2 Å². The molecule has 0 unspecified atom stereocenters. The third-order valence-electron chi connectivity index (χ3n) is 7.01. The van der Waals surface area contributed by atoms with Gasteiger partial charge in [-0.2, -0.15) is 0 Å². The summed E-state index contributed by atoms with van der Waals surface area (Å²) in [4.78, 5) is 16.8. The Morgan fingerprint density at radius 3 is 2.50 bits per heavy atom. The van der Waals surface area contributed by atoms with Crippen LogP contribution in [0.15, 0.2) is 30.3 Å². The van der Waals surface area contributed by atoms with E-state index in [1.165, 1.54) is 42.8 Å². The molecule has 2 fully saturated rings. The molecule has 0 amide bonds. The molecule has 1 N–H and O–H groups in total. The Morgan fingerprint density at radius 1 is 0.971 bits per heavy atom. The van der Waals surface area contributed by atoms with E-state index in [9.17, 15) is 0 Å². The largest absolute Gasteiger partial charge is 0.492 e. The minimum atomic E-state index is 0.463. The van der Waals surface area contributed by atoms with Crippen molar-refractivity contribution in [3.63, 3.8) is 0 Å². The summed E-state index contributed by atoms with van der Waals surface area (Å²) in [5.41, 5.74) is 1.36. The van der Waals surface area contributed by atoms with Crippen LogP contribution in [0, 0.1) is 13.8 Å². The highest BCUT2D eigenvalue weighted by molar-refractivity contribution is 7.18. The number of piperidine rings is 2. The molecule has 0 atom stereocenters. The molecule has 0 radical (unpaired) electrons. The molecule has 0 saturated carbocycles. The van der Waals surface area contributed by atoms with Crippen molar-refractivity contribution in [2.45, 2.75) is 58.5 Å². The van der Waals surface area contributed by atoms with Gasteiger partial charge in [0.25, 0.3) is 0 Å². The van der Waals surface area contributed by atoms with Crippen molar-refractivity contribution in [2.75, 3.05) is 44.6 Å². The van der Waals surface area contributed by atoms with E-state index in [-0.39, 0.29) is 0 Å². The Balaban J connectivity index is 1.07. The lowest BCUT2D eigenvalue weighted by molar-refractivity contribution is 0.183. The topological polar surface area (TPSA) is 53.5 Å². The van der Waals surface area contributed by atoms with Gasteiger partial charge < -0.3 is 10.1 Å². The van der Waals surface area contributed by atoms with Gasteiger partial charge in [-0.25, -0.2) is 9.97 Å². The molecule has 2 aliphatic heterocycles. The first kappa shape index (κ1) is 23.5. The van der Waals surface area contributed by atoms with E-state index in [0.717, 1.165) is 73.2 Å². The standard InChI is InChI=1S/C27H37N5OS/c1-20-18-25-26(28-21(2)29-27(25)34-20)30-23-10-14-32(15-11-23)19-22-6-8-24(9-7-22)33-17-16-31-12-4-3-5-13-31/h6-9,18,23H,3-5,10-17,19H2,1-2H3,(H,28,29,30). The molecule has 182 valence electrons. The van der Waals surface area contributed by atoms with Crippen molar-refractivity contribution >= 4 is 27.4 Å². The zero-order chi connectivity index (χ0) is 23.3. The Kier molecular flexibility index (Phi) is 7.62. The van der Waals surface area contributed by atoms with Crippen molar-refractivity contribution in [1.29, 1.82) is 0 Å². The summed E-state index contributed by atoms with van der Waals surface area (Å²) in [6.45, 7) is 11.6. The van der Waals surface area contributed by atoms with Gasteiger partial charge in [0.2, 0.25) is 0 Å². The van der Waals surface area contributed by atoms with Crippen LogP contribution in [-0.4, -0.2) is 65.1 Å². The molecule has 34 heavy (non-hydrogen) atoms. The van der Waals surface area contributed by atoms with E-state index in [1.807, 2.05) is 6.92 Å². The Morgan fingerprint density at radius 2 is 1.74 bits per heavy atom. The van der Waals surface area contributed by atoms with Crippen LogP contribution in [0.2, 0.25) is 0 Å². The van der Waals surface area contributed by atoms with Gasteiger partial charge in [-0.05, 0) is 76.4 Å². The number of hydrogen-bond donors (Lipinski definition) is 1. The lowest BCUT2D eigenvalue weighted by Crippen LogP contribution is -2.38. The quantitative estimate of drug-likeness (QED) is 0.476. The number of hydrogen-bond acceptors (Lipinski definition) is 7. The van der Waals surface area contributed by atoms with Crippen LogP contribution < -0.4 is 10.1 Å². The summed E-state index contributed by atoms with van der Waals surface area (Å²) < 4.78 is 5.99. The fraction of sp³-hybridized carbons (Fsp3) is 0.556. The Labute approximate surface area is 207 Å². The third-order valence-corrected chi connectivity index (χ3v) is 7.96. The maximum absolute atomic E-state index is 5.99. The Hall–Kier alpha value is -2.22. The number of nitrogens with zero attached hydrogens (tertiary/aromatic N) is 4. The molecule has 4 heterocycles. The van der Waals surface area contributed by atoms with Gasteiger partial charge >= 0.3 is 0 Å². The van der Waals surface area contributed by atoms with Crippen LogP contribution in [0.3, 0.4) is 0 Å². The lowest BCUT2D eigenvalue weighted by Gasteiger charge is -2.32. The maximum Gasteiger partial charge on any atom is 0.138 e. The zero-order valence-corrected chi connectivity index (χ0v) is 21.4. The van der Waals surface area contributed by atoms with Gasteiger partial charge in [-0.15, -0.1) is 11.3 Å². The van der Waals surface area contributed by atoms with Crippen LogP contribution >= 0.6 is 11.3 Å². The first-order valence-corrected chi connectivity index (χ1v) is 13.6. The van der Waals surface area contributed by atoms with Crippen LogP contribution in [0.1, 0.15) is 48.4 Å². The number of ether oxygens (including phenoxy) is 1. The summed E-state index contributed by atoms with van der Waals surface area (Å²) in [6, 6.07) is 11.4. The number of nitrogens with one attached hydrogen (secondary N) is 1. The lowest BCUT2D eigenvalue weighted by atomic mass is 10.0. The van der Waals surface area contributed by atoms with E-state index < -0.39 is 0 Å². The van der Waals surface area contributed by atoms with Crippen LogP contribution in [0.4, 0.5) is 5.82 Å². The molecule has 2 aliphatic rings. The number of aryl methyl sites for hydroxylation is 2. The molecular weight excluding hydrogens is 442 g/mol. The maximum atomic E-state index is 5.99. The van der Waals surface area contributed by atoms with E-state index in [0.29, 0.717) is 6.04 Å². The average molecular weight is 480 g/mol. The number of anilines is 1. The first-order valence-electron chi connectivity index (χ1n) is 12.8. The Bertz CT molecular complexity index is 1070. The molecule has 0 bridgehead atoms. The second-order valence-electron chi connectivity index (χ2n) is 9.78. The number of benzene rings is 1. The first-order chi connectivity index (χ1) is 16.6. The summed E-state index contributed by atoms with van der Waals surface area (Å²) >= 11 is 1.75. The second-order valence-corrected chi connectivity index (χ2v) is 11.0. The fourth-order valence-corrected chi connectivity index (χ4v) is 6.04. The van der Waals surface area contributed by atoms with Crippen LogP contribution in [-0.2, 0) is 6.54 Å². The number of likely N-dealkylation sites (tertiary alicyclic amines) is 2. The molecular formula is C27H37N5OS. The minimum Gasteiger partial charge on any atom is -0.492 e. The number of rotatable bonds is 8. The summed E-state index contributed by atoms with van der Waals surface area (Å²) in [5.74, 6) is 2.83. The molecule has 2 aromatic heterocycles. The fourth-order valence-electron chi connectivity index (χ4n) is 5.11. The van der Waals surface area contributed by atoms with Crippen LogP contribution in [0.5, 0.6) is 5.75 Å². The zero-order valence-electron chi connectivity index (χ0n) is 20.6. The normalized spacial score (nSPS) is 18.4. The molecule has 7 heteroatoms. The molecule has 1 aromatic carbocycles. The van der Waals surface area contributed by atoms with E-state index in [4.69, 9.17) is 9.72 Å². The highest BCUT2D eigenvalue weighted by Crippen LogP contribution is 2.30. The smallest absolute Gasteiger partial charge is 0.138 e. The van der Waals surface area contributed by atoms with E-state index in [2.05, 4.69) is 57.4 Å². The van der Waals surface area contributed by atoms with Gasteiger partial charge in [0, 0.05) is 37.1 Å². The molecule has 0 aliphatic carbocycles. The SMILES string of the molecule is Cc1nc(NC2CCN(Cc3ccc(OCCN4CCCCC4)cc3)CC2)c2cc(C)sc2n1. The summed E-state index contributed by atoms with van der Waals surface area (Å²) in [7, 11) is 0. The minimum absolute atomic E-state index is 0.463.